The summed E-state index contributed by atoms with van der Waals surface area (Å²) in [5, 5.41) is 16.8. The smallest absolute Gasteiger partial charge is 0.315 e. The van der Waals surface area contributed by atoms with Gasteiger partial charge in [-0.3, -0.25) is 0 Å². The maximum Gasteiger partial charge on any atom is 0.315 e. The molecule has 2 heterocycles. The Balaban J connectivity index is 1.54. The van der Waals surface area contributed by atoms with Crippen LogP contribution in [0.15, 0.2) is 58.5 Å². The molecule has 2 aromatic heterocycles. The summed E-state index contributed by atoms with van der Waals surface area (Å²) in [6.07, 6.45) is 1.52. The molecule has 1 unspecified atom stereocenters. The van der Waals surface area contributed by atoms with Crippen LogP contribution >= 0.6 is 11.3 Å². The van der Waals surface area contributed by atoms with Gasteiger partial charge in [0.05, 0.1) is 29.8 Å². The van der Waals surface area contributed by atoms with E-state index in [1.54, 1.807) is 0 Å². The van der Waals surface area contributed by atoms with E-state index in [1.807, 2.05) is 47.8 Å². The summed E-state index contributed by atoms with van der Waals surface area (Å²) in [5.41, 5.74) is 1.48. The first-order valence-corrected chi connectivity index (χ1v) is 8.32. The number of carbonyl (C=O) groups excluding carboxylic acids is 1. The van der Waals surface area contributed by atoms with Crippen LogP contribution in [0.4, 0.5) is 4.79 Å². The van der Waals surface area contributed by atoms with Gasteiger partial charge < -0.3 is 20.2 Å². The van der Waals surface area contributed by atoms with Crippen LogP contribution in [0.2, 0.25) is 0 Å². The molecule has 0 aliphatic heterocycles. The zero-order chi connectivity index (χ0) is 16.8. The molecule has 3 rings (SSSR count). The predicted molar refractivity (Wildman–Crippen MR) is 91.5 cm³/mol. The second kappa shape index (κ2) is 7.76. The molecule has 1 aromatic carbocycles. The number of oxazole rings is 1. The van der Waals surface area contributed by atoms with Gasteiger partial charge in [-0.2, -0.15) is 0 Å². The summed E-state index contributed by atoms with van der Waals surface area (Å²) in [6, 6.07) is 12.3. The molecule has 124 valence electrons. The van der Waals surface area contributed by atoms with Crippen LogP contribution in [0, 0.1) is 0 Å². The Labute approximate surface area is 143 Å². The standard InChI is InChI=1S/C17H17N3O3S/c21-10-14(12-5-2-1-3-6-12)20-17(22)18-9-13-11-23-16(19-13)15-7-4-8-24-15/h1-8,11,14,21H,9-10H2,(H2,18,20,22). The summed E-state index contributed by atoms with van der Waals surface area (Å²) in [6.45, 7) is 0.0670. The highest BCUT2D eigenvalue weighted by Gasteiger charge is 2.14. The number of carbonyl (C=O) groups is 1. The van der Waals surface area contributed by atoms with Gasteiger partial charge in [-0.15, -0.1) is 11.3 Å². The number of urea groups is 1. The number of benzene rings is 1. The van der Waals surface area contributed by atoms with Gasteiger partial charge in [0.2, 0.25) is 5.89 Å². The lowest BCUT2D eigenvalue weighted by molar-refractivity contribution is 0.216. The molecule has 0 fully saturated rings. The van der Waals surface area contributed by atoms with Crippen molar-refractivity contribution in [1.82, 2.24) is 15.6 Å². The summed E-state index contributed by atoms with van der Waals surface area (Å²) in [4.78, 5) is 17.3. The van der Waals surface area contributed by atoms with Crippen LogP contribution in [0.3, 0.4) is 0 Å². The molecule has 1 atom stereocenters. The number of nitrogens with zero attached hydrogens (tertiary/aromatic N) is 1. The quantitative estimate of drug-likeness (QED) is 0.642. The van der Waals surface area contributed by atoms with E-state index in [4.69, 9.17) is 4.42 Å². The number of aliphatic hydroxyl groups excluding tert-OH is 1. The van der Waals surface area contributed by atoms with Crippen molar-refractivity contribution in [2.75, 3.05) is 6.61 Å². The molecule has 24 heavy (non-hydrogen) atoms. The SMILES string of the molecule is O=C(NCc1coc(-c2cccs2)n1)NC(CO)c1ccccc1. The van der Waals surface area contributed by atoms with Gasteiger partial charge in [0.1, 0.15) is 6.26 Å². The van der Waals surface area contributed by atoms with Crippen LogP contribution in [0.25, 0.3) is 10.8 Å². The Morgan fingerprint density at radius 3 is 2.79 bits per heavy atom. The first-order valence-electron chi connectivity index (χ1n) is 7.44. The van der Waals surface area contributed by atoms with Gasteiger partial charge in [-0.1, -0.05) is 36.4 Å². The predicted octanol–water partition coefficient (Wildman–Crippen LogP) is 2.94. The number of hydrogen-bond acceptors (Lipinski definition) is 5. The Hall–Kier alpha value is -2.64. The maximum atomic E-state index is 12.0. The minimum Gasteiger partial charge on any atom is -0.443 e. The lowest BCUT2D eigenvalue weighted by Crippen LogP contribution is -2.38. The Kier molecular flexibility index (Phi) is 5.25. The van der Waals surface area contributed by atoms with Crippen LogP contribution in [0.1, 0.15) is 17.3 Å². The minimum absolute atomic E-state index is 0.177. The van der Waals surface area contributed by atoms with E-state index >= 15 is 0 Å². The Morgan fingerprint density at radius 1 is 1.25 bits per heavy atom. The van der Waals surface area contributed by atoms with Gasteiger partial charge in [0.15, 0.2) is 0 Å². The monoisotopic (exact) mass is 343 g/mol. The number of hydrogen-bond donors (Lipinski definition) is 3. The van der Waals surface area contributed by atoms with Gasteiger partial charge >= 0.3 is 6.03 Å². The highest BCUT2D eigenvalue weighted by molar-refractivity contribution is 7.13. The van der Waals surface area contributed by atoms with Gasteiger partial charge in [-0.25, -0.2) is 9.78 Å². The summed E-state index contributed by atoms with van der Waals surface area (Å²) in [5.74, 6) is 0.541. The second-order valence-corrected chi connectivity index (χ2v) is 6.04. The molecule has 0 bridgehead atoms. The van der Waals surface area contributed by atoms with Crippen LogP contribution in [-0.2, 0) is 6.54 Å². The van der Waals surface area contributed by atoms with Crippen molar-refractivity contribution in [3.8, 4) is 10.8 Å². The number of nitrogens with one attached hydrogen (secondary N) is 2. The zero-order valence-electron chi connectivity index (χ0n) is 12.8. The maximum absolute atomic E-state index is 12.0. The van der Waals surface area contributed by atoms with Crippen molar-refractivity contribution < 1.29 is 14.3 Å². The van der Waals surface area contributed by atoms with E-state index in [0.29, 0.717) is 11.6 Å². The molecular weight excluding hydrogens is 326 g/mol. The first-order chi connectivity index (χ1) is 11.8. The average molecular weight is 343 g/mol. The third kappa shape index (κ3) is 4.01. The minimum atomic E-state index is -0.454. The third-order valence-electron chi connectivity index (χ3n) is 3.40. The van der Waals surface area contributed by atoms with Crippen LogP contribution in [-0.4, -0.2) is 22.7 Å². The molecule has 6 nitrogen and oxygen atoms in total. The molecule has 3 N–H and O–H groups in total. The largest absolute Gasteiger partial charge is 0.443 e. The van der Waals surface area contributed by atoms with E-state index in [1.165, 1.54) is 17.6 Å². The summed E-state index contributed by atoms with van der Waals surface area (Å²) in [7, 11) is 0. The third-order valence-corrected chi connectivity index (χ3v) is 4.26. The van der Waals surface area contributed by atoms with Gasteiger partial charge in [-0.05, 0) is 17.0 Å². The van der Waals surface area contributed by atoms with E-state index in [2.05, 4.69) is 15.6 Å². The first kappa shape index (κ1) is 16.2. The Morgan fingerprint density at radius 2 is 2.08 bits per heavy atom. The van der Waals surface area contributed by atoms with Crippen molar-refractivity contribution in [3.05, 3.63) is 65.4 Å². The fourth-order valence-electron chi connectivity index (χ4n) is 2.20. The molecule has 0 aliphatic carbocycles. The normalized spacial score (nSPS) is 11.9. The number of aromatic nitrogens is 1. The van der Waals surface area contributed by atoms with E-state index in [0.717, 1.165) is 10.4 Å². The molecule has 0 spiro atoms. The number of amides is 2. The molecule has 0 radical (unpaired) electrons. The highest BCUT2D eigenvalue weighted by atomic mass is 32.1. The van der Waals surface area contributed by atoms with Gasteiger partial charge in [0, 0.05) is 0 Å². The van der Waals surface area contributed by atoms with E-state index in [9.17, 15) is 9.90 Å². The van der Waals surface area contributed by atoms with Crippen molar-refractivity contribution in [2.45, 2.75) is 12.6 Å². The molecule has 0 saturated carbocycles. The fraction of sp³-hybridized carbons (Fsp3) is 0.176. The van der Waals surface area contributed by atoms with E-state index < -0.39 is 6.04 Å². The molecule has 7 heteroatoms. The van der Waals surface area contributed by atoms with E-state index in [-0.39, 0.29) is 19.2 Å². The molecule has 2 amide bonds. The van der Waals surface area contributed by atoms with Crippen molar-refractivity contribution >= 4 is 17.4 Å². The number of thiophene rings is 1. The number of rotatable bonds is 6. The highest BCUT2D eigenvalue weighted by Crippen LogP contribution is 2.23. The topological polar surface area (TPSA) is 87.4 Å². The fourth-order valence-corrected chi connectivity index (χ4v) is 2.86. The van der Waals surface area contributed by atoms with Crippen molar-refractivity contribution in [1.29, 1.82) is 0 Å². The van der Waals surface area contributed by atoms with Gasteiger partial charge in [0.25, 0.3) is 0 Å². The molecular formula is C17H17N3O3S. The molecule has 0 aliphatic rings. The summed E-state index contributed by atoms with van der Waals surface area (Å²) < 4.78 is 5.40. The van der Waals surface area contributed by atoms with Crippen LogP contribution in [0.5, 0.6) is 0 Å². The second-order valence-electron chi connectivity index (χ2n) is 5.09. The van der Waals surface area contributed by atoms with Crippen molar-refractivity contribution in [3.63, 3.8) is 0 Å². The lowest BCUT2D eigenvalue weighted by atomic mass is 10.1. The zero-order valence-corrected chi connectivity index (χ0v) is 13.6. The van der Waals surface area contributed by atoms with Crippen molar-refractivity contribution in [2.24, 2.45) is 0 Å². The summed E-state index contributed by atoms with van der Waals surface area (Å²) >= 11 is 1.54. The average Bonchev–Trinajstić information content (AvgIpc) is 3.29. The molecule has 3 aromatic rings. The number of aliphatic hydroxyl groups is 1. The van der Waals surface area contributed by atoms with Crippen LogP contribution < -0.4 is 10.6 Å². The Bertz CT molecular complexity index is 772. The molecule has 0 saturated heterocycles. The lowest BCUT2D eigenvalue weighted by Gasteiger charge is -2.16.